The molecule has 1 heterocycles. The van der Waals surface area contributed by atoms with Gasteiger partial charge in [0.25, 0.3) is 0 Å². The van der Waals surface area contributed by atoms with Crippen molar-refractivity contribution in [3.63, 3.8) is 0 Å². The lowest BCUT2D eigenvalue weighted by Gasteiger charge is -2.57. The number of amides is 1. The molecule has 27 heavy (non-hydrogen) atoms. The van der Waals surface area contributed by atoms with Gasteiger partial charge in [0, 0.05) is 37.4 Å². The highest BCUT2D eigenvalue weighted by atomic mass is 16.5. The molecule has 1 amide bonds. The lowest BCUT2D eigenvalue weighted by atomic mass is 9.54. The molecule has 0 bridgehead atoms. The molecule has 0 aliphatic heterocycles. The number of aromatic nitrogens is 2. The number of nitrogens with two attached hydrogens (primary N) is 1. The number of aryl methyl sites for hydroxylation is 2. The first-order valence-electron chi connectivity index (χ1n) is 9.61. The monoisotopic (exact) mass is 370 g/mol. The fourth-order valence-corrected chi connectivity index (χ4v) is 3.74. The number of benzene rings is 1. The molecular formula is C21H30N4O2. The van der Waals surface area contributed by atoms with E-state index in [0.29, 0.717) is 19.6 Å². The molecule has 1 saturated carbocycles. The van der Waals surface area contributed by atoms with Gasteiger partial charge in [0.05, 0.1) is 12.6 Å². The van der Waals surface area contributed by atoms with Gasteiger partial charge in [-0.1, -0.05) is 44.2 Å². The number of carbonyl (C=O) groups is 1. The van der Waals surface area contributed by atoms with E-state index in [2.05, 4.69) is 27.0 Å². The SMILES string of the molecule is CCOC1CC(N)(C(=O)NCc2nccn2CCc2ccccc2)C1(C)C. The summed E-state index contributed by atoms with van der Waals surface area (Å²) in [5, 5.41) is 2.98. The Morgan fingerprint density at radius 1 is 1.37 bits per heavy atom. The Bertz CT molecular complexity index is 771. The van der Waals surface area contributed by atoms with E-state index in [4.69, 9.17) is 10.5 Å². The fourth-order valence-electron chi connectivity index (χ4n) is 3.74. The summed E-state index contributed by atoms with van der Waals surface area (Å²) in [6.45, 7) is 7.77. The minimum absolute atomic E-state index is 0.0195. The number of rotatable bonds is 8. The molecule has 0 spiro atoms. The summed E-state index contributed by atoms with van der Waals surface area (Å²) >= 11 is 0. The maximum atomic E-state index is 12.8. The smallest absolute Gasteiger partial charge is 0.241 e. The maximum Gasteiger partial charge on any atom is 0.241 e. The Morgan fingerprint density at radius 2 is 2.11 bits per heavy atom. The highest BCUT2D eigenvalue weighted by Crippen LogP contribution is 2.49. The van der Waals surface area contributed by atoms with Gasteiger partial charge in [-0.2, -0.15) is 0 Å². The first kappa shape index (κ1) is 19.6. The quantitative estimate of drug-likeness (QED) is 0.747. The van der Waals surface area contributed by atoms with E-state index in [9.17, 15) is 4.79 Å². The maximum absolute atomic E-state index is 12.8. The van der Waals surface area contributed by atoms with Crippen LogP contribution in [0, 0.1) is 5.41 Å². The van der Waals surface area contributed by atoms with Crippen LogP contribution in [0.4, 0.5) is 0 Å². The number of nitrogens with one attached hydrogen (secondary N) is 1. The second-order valence-electron chi connectivity index (χ2n) is 7.80. The van der Waals surface area contributed by atoms with Gasteiger partial charge in [0.1, 0.15) is 11.4 Å². The van der Waals surface area contributed by atoms with E-state index in [0.717, 1.165) is 18.8 Å². The van der Waals surface area contributed by atoms with Gasteiger partial charge in [-0.25, -0.2) is 4.98 Å². The number of nitrogens with zero attached hydrogens (tertiary/aromatic N) is 2. The molecule has 1 aromatic heterocycles. The van der Waals surface area contributed by atoms with Crippen LogP contribution < -0.4 is 11.1 Å². The normalized spacial score (nSPS) is 23.6. The van der Waals surface area contributed by atoms with Gasteiger partial charge in [0.15, 0.2) is 0 Å². The number of hydrogen-bond donors (Lipinski definition) is 2. The molecule has 0 radical (unpaired) electrons. The number of hydrogen-bond acceptors (Lipinski definition) is 4. The third-order valence-corrected chi connectivity index (χ3v) is 5.93. The second-order valence-corrected chi connectivity index (χ2v) is 7.80. The van der Waals surface area contributed by atoms with E-state index < -0.39 is 11.0 Å². The molecule has 6 heteroatoms. The van der Waals surface area contributed by atoms with Gasteiger partial charge < -0.3 is 20.4 Å². The van der Waals surface area contributed by atoms with E-state index in [1.165, 1.54) is 5.56 Å². The Morgan fingerprint density at radius 3 is 2.78 bits per heavy atom. The van der Waals surface area contributed by atoms with Crippen molar-refractivity contribution in [3.8, 4) is 0 Å². The zero-order valence-electron chi connectivity index (χ0n) is 16.4. The van der Waals surface area contributed by atoms with Crippen molar-refractivity contribution in [1.29, 1.82) is 0 Å². The van der Waals surface area contributed by atoms with Gasteiger partial charge in [-0.3, -0.25) is 4.79 Å². The van der Waals surface area contributed by atoms with Crippen LogP contribution >= 0.6 is 0 Å². The fraction of sp³-hybridized carbons (Fsp3) is 0.524. The van der Waals surface area contributed by atoms with Gasteiger partial charge >= 0.3 is 0 Å². The molecule has 1 aliphatic rings. The Hall–Kier alpha value is -2.18. The van der Waals surface area contributed by atoms with Crippen molar-refractivity contribution < 1.29 is 9.53 Å². The summed E-state index contributed by atoms with van der Waals surface area (Å²) in [4.78, 5) is 17.2. The van der Waals surface area contributed by atoms with Crippen molar-refractivity contribution in [3.05, 3.63) is 54.1 Å². The summed E-state index contributed by atoms with van der Waals surface area (Å²) in [5.41, 5.74) is 6.41. The third-order valence-electron chi connectivity index (χ3n) is 5.93. The molecule has 3 N–H and O–H groups in total. The molecule has 6 nitrogen and oxygen atoms in total. The lowest BCUT2D eigenvalue weighted by molar-refractivity contribution is -0.170. The minimum Gasteiger partial charge on any atom is -0.378 e. The first-order valence-corrected chi connectivity index (χ1v) is 9.61. The van der Waals surface area contributed by atoms with Crippen molar-refractivity contribution in [2.45, 2.75) is 58.3 Å². The van der Waals surface area contributed by atoms with Crippen LogP contribution in [0.25, 0.3) is 0 Å². The summed E-state index contributed by atoms with van der Waals surface area (Å²) in [6, 6.07) is 10.3. The van der Waals surface area contributed by atoms with Crippen molar-refractivity contribution in [2.75, 3.05) is 6.61 Å². The highest BCUT2D eigenvalue weighted by Gasteiger charge is 2.62. The molecule has 2 aromatic rings. The molecule has 2 atom stereocenters. The molecule has 1 fully saturated rings. The Balaban J connectivity index is 1.56. The van der Waals surface area contributed by atoms with Gasteiger partial charge in [-0.05, 0) is 18.9 Å². The summed E-state index contributed by atoms with van der Waals surface area (Å²) < 4.78 is 7.78. The van der Waals surface area contributed by atoms with E-state index >= 15 is 0 Å². The van der Waals surface area contributed by atoms with Crippen molar-refractivity contribution in [2.24, 2.45) is 11.1 Å². The summed E-state index contributed by atoms with van der Waals surface area (Å²) in [6.07, 6.45) is 5.19. The van der Waals surface area contributed by atoms with E-state index in [-0.39, 0.29) is 12.0 Å². The number of imidazole rings is 1. The average Bonchev–Trinajstić information content (AvgIpc) is 3.12. The van der Waals surface area contributed by atoms with E-state index in [1.807, 2.05) is 45.2 Å². The third kappa shape index (κ3) is 3.77. The van der Waals surface area contributed by atoms with E-state index in [1.54, 1.807) is 6.20 Å². The van der Waals surface area contributed by atoms with Crippen molar-refractivity contribution >= 4 is 5.91 Å². The van der Waals surface area contributed by atoms with Crippen LogP contribution in [-0.4, -0.2) is 33.7 Å². The van der Waals surface area contributed by atoms with Crippen LogP contribution in [0.1, 0.15) is 38.6 Å². The predicted octanol–water partition coefficient (Wildman–Crippen LogP) is 2.27. The summed E-state index contributed by atoms with van der Waals surface area (Å²) in [7, 11) is 0. The first-order chi connectivity index (χ1) is 12.9. The average molecular weight is 370 g/mol. The number of ether oxygens (including phenoxy) is 1. The van der Waals surface area contributed by atoms with Crippen LogP contribution in [0.3, 0.4) is 0 Å². The molecule has 2 unspecified atom stereocenters. The largest absolute Gasteiger partial charge is 0.378 e. The topological polar surface area (TPSA) is 82.2 Å². The van der Waals surface area contributed by atoms with Crippen LogP contribution in [-0.2, 0) is 29.0 Å². The highest BCUT2D eigenvalue weighted by molar-refractivity contribution is 5.88. The Labute approximate surface area is 161 Å². The molecule has 3 rings (SSSR count). The van der Waals surface area contributed by atoms with Gasteiger partial charge in [-0.15, -0.1) is 0 Å². The molecular weight excluding hydrogens is 340 g/mol. The van der Waals surface area contributed by atoms with Crippen LogP contribution in [0.2, 0.25) is 0 Å². The summed E-state index contributed by atoms with van der Waals surface area (Å²) in [5.74, 6) is 0.697. The van der Waals surface area contributed by atoms with Crippen LogP contribution in [0.15, 0.2) is 42.7 Å². The zero-order chi connectivity index (χ0) is 19.5. The molecule has 1 aromatic carbocycles. The van der Waals surface area contributed by atoms with Gasteiger partial charge in [0.2, 0.25) is 5.91 Å². The molecule has 0 saturated heterocycles. The number of carbonyl (C=O) groups excluding carboxylic acids is 1. The standard InChI is InChI=1S/C21H30N4O2/c1-4-27-17-14-21(22,20(17,2)3)19(26)24-15-18-23-11-13-25(18)12-10-16-8-6-5-7-9-16/h5-9,11,13,17H,4,10,12,14-15,22H2,1-3H3,(H,24,26). The lowest BCUT2D eigenvalue weighted by Crippen LogP contribution is -2.75. The second kappa shape index (κ2) is 7.82. The minimum atomic E-state index is -0.908. The van der Waals surface area contributed by atoms with Crippen molar-refractivity contribution in [1.82, 2.24) is 14.9 Å². The Kier molecular flexibility index (Phi) is 5.67. The zero-order valence-corrected chi connectivity index (χ0v) is 16.4. The predicted molar refractivity (Wildman–Crippen MR) is 105 cm³/mol. The molecule has 146 valence electrons. The van der Waals surface area contributed by atoms with Crippen LogP contribution in [0.5, 0.6) is 0 Å². The molecule has 1 aliphatic carbocycles.